The Kier molecular flexibility index (Phi) is 7.75. The van der Waals surface area contributed by atoms with E-state index < -0.39 is 18.2 Å². The van der Waals surface area contributed by atoms with Crippen LogP contribution in [-0.2, 0) is 19.8 Å². The fraction of sp³-hybridized carbons (Fsp3) is 0.361. The number of anilines is 2. The molecule has 0 bridgehead atoms. The SMILES string of the molecule is CC(C)(C)n1nc([C@H]2CC[C@@H](O[Si](c3ccccc3)(c3ccccc3)C(C)(C)C)C2)cc1Nc1ccc2c(c1)C=CS2(=O)=O. The maximum absolute atomic E-state index is 12.3. The average Bonchev–Trinajstić information content (AvgIpc) is 3.69. The maximum Gasteiger partial charge on any atom is 0.261 e. The van der Waals surface area contributed by atoms with Crippen molar-refractivity contribution in [1.82, 2.24) is 9.78 Å². The minimum absolute atomic E-state index is 0.0664. The first-order chi connectivity index (χ1) is 20.8. The summed E-state index contributed by atoms with van der Waals surface area (Å²) in [5, 5.41) is 12.5. The van der Waals surface area contributed by atoms with Crippen molar-refractivity contribution >= 4 is 46.1 Å². The van der Waals surface area contributed by atoms with Crippen LogP contribution in [0.4, 0.5) is 11.5 Å². The van der Waals surface area contributed by atoms with Crippen LogP contribution in [0.3, 0.4) is 0 Å². The van der Waals surface area contributed by atoms with E-state index in [1.165, 1.54) is 15.8 Å². The van der Waals surface area contributed by atoms with Crippen LogP contribution in [0.5, 0.6) is 0 Å². The van der Waals surface area contributed by atoms with E-state index in [1.54, 1.807) is 12.1 Å². The van der Waals surface area contributed by atoms with Crippen molar-refractivity contribution in [3.63, 3.8) is 0 Å². The molecule has 230 valence electrons. The van der Waals surface area contributed by atoms with Gasteiger partial charge in [-0.1, -0.05) is 81.4 Å². The molecule has 6 nitrogen and oxygen atoms in total. The predicted molar refractivity (Wildman–Crippen MR) is 182 cm³/mol. The van der Waals surface area contributed by atoms with Crippen molar-refractivity contribution in [2.45, 2.75) is 88.3 Å². The zero-order valence-corrected chi connectivity index (χ0v) is 28.4. The van der Waals surface area contributed by atoms with Gasteiger partial charge in [-0.2, -0.15) is 5.10 Å². The van der Waals surface area contributed by atoms with Crippen LogP contribution < -0.4 is 15.7 Å². The van der Waals surface area contributed by atoms with Crippen LogP contribution in [0, 0.1) is 0 Å². The third-order valence-corrected chi connectivity index (χ3v) is 15.5. The summed E-state index contributed by atoms with van der Waals surface area (Å²) in [6.45, 7) is 13.4. The lowest BCUT2D eigenvalue weighted by atomic mass is 10.0. The fourth-order valence-corrected chi connectivity index (χ4v) is 12.8. The summed E-state index contributed by atoms with van der Waals surface area (Å²) in [6.07, 6.45) is 4.73. The van der Waals surface area contributed by atoms with E-state index >= 15 is 0 Å². The van der Waals surface area contributed by atoms with E-state index in [1.807, 2.05) is 12.1 Å². The summed E-state index contributed by atoms with van der Waals surface area (Å²) in [5.74, 6) is 1.18. The average molecular weight is 626 g/mol. The molecule has 4 aromatic rings. The number of aromatic nitrogens is 2. The van der Waals surface area contributed by atoms with Gasteiger partial charge in [-0.3, -0.25) is 0 Å². The second kappa shape index (κ2) is 11.2. The molecular weight excluding hydrogens is 583 g/mol. The summed E-state index contributed by atoms with van der Waals surface area (Å²) in [5.41, 5.74) is 2.36. The molecule has 2 atom stereocenters. The Bertz CT molecular complexity index is 1750. The summed E-state index contributed by atoms with van der Waals surface area (Å²) < 4.78 is 34.1. The molecule has 1 fully saturated rings. The van der Waals surface area contributed by atoms with Crippen LogP contribution in [0.15, 0.2) is 95.2 Å². The Morgan fingerprint density at radius 1 is 0.864 bits per heavy atom. The van der Waals surface area contributed by atoms with Gasteiger partial charge in [-0.15, -0.1) is 0 Å². The Labute approximate surface area is 263 Å². The standard InChI is InChI=1S/C36H43N3O3SSi/c1-35(2,3)39-34(37-28-18-20-33-27(23-28)21-22-43(33,40)41)25-32(38-39)26-17-19-29(24-26)42-44(36(4,5)6,30-13-9-7-10-14-30)31-15-11-8-12-16-31/h7-16,18,20-23,25-26,29,37H,17,19,24H2,1-6H3/t26-,29+/m0/s1. The van der Waals surface area contributed by atoms with E-state index in [-0.39, 0.29) is 22.6 Å². The van der Waals surface area contributed by atoms with Crippen LogP contribution in [0.25, 0.3) is 6.08 Å². The van der Waals surface area contributed by atoms with E-state index in [0.29, 0.717) is 10.5 Å². The monoisotopic (exact) mass is 625 g/mol. The lowest BCUT2D eigenvalue weighted by molar-refractivity contribution is 0.193. The molecule has 6 rings (SSSR count). The molecule has 1 aromatic heterocycles. The first-order valence-electron chi connectivity index (χ1n) is 15.5. The molecule has 0 radical (unpaired) electrons. The number of hydrogen-bond donors (Lipinski definition) is 1. The normalized spacial score (nSPS) is 19.7. The molecule has 2 heterocycles. The lowest BCUT2D eigenvalue weighted by Crippen LogP contribution is -2.67. The largest absolute Gasteiger partial charge is 0.404 e. The number of sulfone groups is 1. The zero-order chi connectivity index (χ0) is 31.3. The van der Waals surface area contributed by atoms with Gasteiger partial charge in [-0.25, -0.2) is 13.1 Å². The number of nitrogens with zero attached hydrogens (tertiary/aromatic N) is 2. The van der Waals surface area contributed by atoms with E-state index in [4.69, 9.17) is 9.52 Å². The molecule has 1 aliphatic heterocycles. The summed E-state index contributed by atoms with van der Waals surface area (Å²) in [7, 11) is -5.97. The van der Waals surface area contributed by atoms with Crippen molar-refractivity contribution < 1.29 is 12.8 Å². The summed E-state index contributed by atoms with van der Waals surface area (Å²) >= 11 is 0. The van der Waals surface area contributed by atoms with Gasteiger partial charge in [0.25, 0.3) is 8.32 Å². The maximum atomic E-state index is 12.3. The molecular formula is C36H43N3O3SSi. The predicted octanol–water partition coefficient (Wildman–Crippen LogP) is 7.35. The van der Waals surface area contributed by atoms with Gasteiger partial charge >= 0.3 is 0 Å². The minimum atomic E-state index is -3.33. The number of fused-ring (bicyclic) bond motifs is 1. The van der Waals surface area contributed by atoms with Crippen LogP contribution in [0.2, 0.25) is 5.04 Å². The van der Waals surface area contributed by atoms with Crippen molar-refractivity contribution in [1.29, 1.82) is 0 Å². The highest BCUT2D eigenvalue weighted by atomic mass is 32.2. The Hall–Kier alpha value is -3.46. The molecule has 8 heteroatoms. The highest BCUT2D eigenvalue weighted by Gasteiger charge is 2.52. The van der Waals surface area contributed by atoms with Crippen LogP contribution in [-0.4, -0.2) is 32.6 Å². The van der Waals surface area contributed by atoms with E-state index in [9.17, 15) is 8.42 Å². The third-order valence-electron chi connectivity index (χ3n) is 8.94. The molecule has 0 spiro atoms. The fourth-order valence-electron chi connectivity index (χ4n) is 6.86. The quantitative estimate of drug-likeness (QED) is 0.218. The Morgan fingerprint density at radius 3 is 2.09 bits per heavy atom. The first-order valence-corrected chi connectivity index (χ1v) is 19.0. The Balaban J connectivity index is 1.29. The number of nitrogens with one attached hydrogen (secondary N) is 1. The topological polar surface area (TPSA) is 73.2 Å². The first kappa shape index (κ1) is 30.6. The molecule has 1 aliphatic carbocycles. The zero-order valence-electron chi connectivity index (χ0n) is 26.5. The minimum Gasteiger partial charge on any atom is -0.404 e. The van der Waals surface area contributed by atoms with Gasteiger partial charge in [0, 0.05) is 29.2 Å². The molecule has 1 N–H and O–H groups in total. The van der Waals surface area contributed by atoms with Crippen molar-refractivity contribution in [3.05, 3.63) is 102 Å². The van der Waals surface area contributed by atoms with Crippen LogP contribution in [0.1, 0.15) is 78.0 Å². The van der Waals surface area contributed by atoms with Crippen molar-refractivity contribution in [2.24, 2.45) is 0 Å². The van der Waals surface area contributed by atoms with Gasteiger partial charge in [0.1, 0.15) is 5.82 Å². The highest BCUT2D eigenvalue weighted by molar-refractivity contribution is 7.94. The lowest BCUT2D eigenvalue weighted by Gasteiger charge is -2.44. The molecule has 1 saturated carbocycles. The van der Waals surface area contributed by atoms with Crippen molar-refractivity contribution in [2.75, 3.05) is 5.32 Å². The summed E-state index contributed by atoms with van der Waals surface area (Å²) in [6, 6.07) is 29.3. The van der Waals surface area contributed by atoms with Gasteiger partial charge < -0.3 is 9.74 Å². The van der Waals surface area contributed by atoms with Gasteiger partial charge in [0.05, 0.1) is 16.1 Å². The van der Waals surface area contributed by atoms with Gasteiger partial charge in [0.15, 0.2) is 9.84 Å². The van der Waals surface area contributed by atoms with Crippen LogP contribution >= 0.6 is 0 Å². The summed E-state index contributed by atoms with van der Waals surface area (Å²) in [4.78, 5) is 0.353. The number of rotatable bonds is 7. The number of hydrogen-bond acceptors (Lipinski definition) is 5. The third kappa shape index (κ3) is 5.59. The van der Waals surface area contributed by atoms with Crippen molar-refractivity contribution in [3.8, 4) is 0 Å². The molecule has 2 aliphatic rings. The second-order valence-electron chi connectivity index (χ2n) is 14.2. The molecule has 3 aromatic carbocycles. The highest BCUT2D eigenvalue weighted by Crippen LogP contribution is 2.43. The second-order valence-corrected chi connectivity index (χ2v) is 20.2. The molecule has 44 heavy (non-hydrogen) atoms. The molecule has 0 unspecified atom stereocenters. The van der Waals surface area contributed by atoms with E-state index in [0.717, 1.165) is 36.5 Å². The molecule has 0 amide bonds. The molecule has 0 saturated heterocycles. The smallest absolute Gasteiger partial charge is 0.261 e. The van der Waals surface area contributed by atoms with E-state index in [2.05, 4.69) is 118 Å². The van der Waals surface area contributed by atoms with Gasteiger partial charge in [0.2, 0.25) is 0 Å². The van der Waals surface area contributed by atoms with Gasteiger partial charge in [-0.05, 0) is 85.3 Å². The Morgan fingerprint density at radius 2 is 1.50 bits per heavy atom. The number of benzene rings is 3.